The Morgan fingerprint density at radius 3 is 2.31 bits per heavy atom. The largest absolute Gasteiger partial charge is 0.460 e. The fourth-order valence-electron chi connectivity index (χ4n) is 1.66. The van der Waals surface area contributed by atoms with Crippen molar-refractivity contribution in [2.45, 2.75) is 65.5 Å². The van der Waals surface area contributed by atoms with E-state index in [0.717, 1.165) is 12.8 Å². The van der Waals surface area contributed by atoms with Crippen molar-refractivity contribution in [3.8, 4) is 0 Å². The van der Waals surface area contributed by atoms with Gasteiger partial charge in [-0.15, -0.1) is 0 Å². The molecule has 1 N–H and O–H groups in total. The van der Waals surface area contributed by atoms with E-state index in [1.54, 1.807) is 0 Å². The molecule has 0 aromatic heterocycles. The Bertz CT molecular complexity index is 208. The maximum Gasteiger partial charge on any atom is 0.306 e. The molecular weight excluding hydrogens is 202 g/mol. The second kappa shape index (κ2) is 6.89. The summed E-state index contributed by atoms with van der Waals surface area (Å²) in [5.74, 6) is 0.489. The fourth-order valence-corrected chi connectivity index (χ4v) is 1.66. The van der Waals surface area contributed by atoms with Gasteiger partial charge in [-0.2, -0.15) is 0 Å². The van der Waals surface area contributed by atoms with Gasteiger partial charge in [0.05, 0.1) is 0 Å². The van der Waals surface area contributed by atoms with Crippen LogP contribution in [0.15, 0.2) is 0 Å². The molecule has 0 unspecified atom stereocenters. The second-order valence-electron chi connectivity index (χ2n) is 5.41. The molecule has 0 saturated heterocycles. The fraction of sp³-hybridized carbons (Fsp3) is 0.923. The topological polar surface area (TPSA) is 38.3 Å². The zero-order chi connectivity index (χ0) is 12.8. The summed E-state index contributed by atoms with van der Waals surface area (Å²) in [5, 5.41) is 3.26. The van der Waals surface area contributed by atoms with Crippen LogP contribution in [-0.2, 0) is 9.53 Å². The summed E-state index contributed by atoms with van der Waals surface area (Å²) in [6, 6.07) is 0.400. The average molecular weight is 229 g/mol. The van der Waals surface area contributed by atoms with E-state index in [4.69, 9.17) is 4.74 Å². The third-order valence-corrected chi connectivity index (χ3v) is 2.78. The summed E-state index contributed by atoms with van der Waals surface area (Å²) in [6.45, 7) is 10.1. The highest BCUT2D eigenvalue weighted by Crippen LogP contribution is 2.15. The molecule has 0 fully saturated rings. The maximum absolute atomic E-state index is 11.5. The highest BCUT2D eigenvalue weighted by atomic mass is 16.6. The molecule has 0 rings (SSSR count). The third kappa shape index (κ3) is 6.83. The van der Waals surface area contributed by atoms with Crippen LogP contribution in [0.5, 0.6) is 0 Å². The van der Waals surface area contributed by atoms with E-state index < -0.39 is 0 Å². The van der Waals surface area contributed by atoms with E-state index in [1.165, 1.54) is 0 Å². The highest BCUT2D eigenvalue weighted by Gasteiger charge is 2.19. The first-order chi connectivity index (χ1) is 7.30. The molecule has 0 aromatic carbocycles. The van der Waals surface area contributed by atoms with Crippen LogP contribution in [0.3, 0.4) is 0 Å². The van der Waals surface area contributed by atoms with Crippen molar-refractivity contribution in [2.75, 3.05) is 7.05 Å². The smallest absolute Gasteiger partial charge is 0.306 e. The van der Waals surface area contributed by atoms with Gasteiger partial charge in [-0.3, -0.25) is 4.79 Å². The highest BCUT2D eigenvalue weighted by molar-refractivity contribution is 5.69. The van der Waals surface area contributed by atoms with Gasteiger partial charge in [-0.25, -0.2) is 0 Å². The van der Waals surface area contributed by atoms with E-state index in [2.05, 4.69) is 19.2 Å². The molecule has 0 spiro atoms. The van der Waals surface area contributed by atoms with Gasteiger partial charge in [0, 0.05) is 12.5 Å². The molecule has 0 aromatic rings. The normalized spacial score (nSPS) is 15.6. The first-order valence-corrected chi connectivity index (χ1v) is 6.19. The standard InChI is InChI=1S/C13H27NO2/c1-7-10(2)11(14-6)8-9-12(15)16-13(3,4)5/h10-11,14H,7-9H2,1-6H3/t10-,11+/m0/s1. The van der Waals surface area contributed by atoms with Crippen molar-refractivity contribution in [3.63, 3.8) is 0 Å². The SMILES string of the molecule is CC[C@H](C)[C@@H](CCC(=O)OC(C)(C)C)NC. The maximum atomic E-state index is 11.5. The van der Waals surface area contributed by atoms with Gasteiger partial charge in [-0.05, 0) is 40.2 Å². The summed E-state index contributed by atoms with van der Waals surface area (Å²) in [5.41, 5.74) is -0.372. The average Bonchev–Trinajstić information content (AvgIpc) is 2.15. The molecule has 0 amide bonds. The lowest BCUT2D eigenvalue weighted by Crippen LogP contribution is -2.33. The lowest BCUT2D eigenvalue weighted by molar-refractivity contribution is -0.155. The van der Waals surface area contributed by atoms with E-state index >= 15 is 0 Å². The van der Waals surface area contributed by atoms with Gasteiger partial charge in [0.1, 0.15) is 5.60 Å². The monoisotopic (exact) mass is 229 g/mol. The van der Waals surface area contributed by atoms with Crippen molar-refractivity contribution < 1.29 is 9.53 Å². The molecule has 16 heavy (non-hydrogen) atoms. The molecule has 96 valence electrons. The zero-order valence-corrected chi connectivity index (χ0v) is 11.6. The summed E-state index contributed by atoms with van der Waals surface area (Å²) < 4.78 is 5.28. The number of hydrogen-bond donors (Lipinski definition) is 1. The Balaban J connectivity index is 3.98. The van der Waals surface area contributed by atoms with E-state index in [1.807, 2.05) is 27.8 Å². The number of esters is 1. The quantitative estimate of drug-likeness (QED) is 0.712. The van der Waals surface area contributed by atoms with Gasteiger partial charge >= 0.3 is 5.97 Å². The minimum absolute atomic E-state index is 0.101. The van der Waals surface area contributed by atoms with Crippen LogP contribution >= 0.6 is 0 Å². The third-order valence-electron chi connectivity index (χ3n) is 2.78. The Kier molecular flexibility index (Phi) is 6.65. The van der Waals surface area contributed by atoms with Gasteiger partial charge < -0.3 is 10.1 Å². The zero-order valence-electron chi connectivity index (χ0n) is 11.6. The Hall–Kier alpha value is -0.570. The number of rotatable bonds is 6. The van der Waals surface area contributed by atoms with Crippen molar-refractivity contribution in [1.82, 2.24) is 5.32 Å². The van der Waals surface area contributed by atoms with Gasteiger partial charge in [-0.1, -0.05) is 20.3 Å². The van der Waals surface area contributed by atoms with Crippen LogP contribution in [0.4, 0.5) is 0 Å². The predicted molar refractivity (Wildman–Crippen MR) is 67.4 cm³/mol. The Labute approximate surface area is 99.9 Å². The second-order valence-corrected chi connectivity index (χ2v) is 5.41. The molecule has 0 aliphatic heterocycles. The minimum atomic E-state index is -0.372. The van der Waals surface area contributed by atoms with Crippen LogP contribution in [0.2, 0.25) is 0 Å². The van der Waals surface area contributed by atoms with Crippen molar-refractivity contribution in [3.05, 3.63) is 0 Å². The lowest BCUT2D eigenvalue weighted by atomic mass is 9.95. The summed E-state index contributed by atoms with van der Waals surface area (Å²) in [6.07, 6.45) is 2.47. The van der Waals surface area contributed by atoms with Crippen LogP contribution in [0, 0.1) is 5.92 Å². The molecule has 0 aliphatic carbocycles. The van der Waals surface area contributed by atoms with E-state index in [-0.39, 0.29) is 11.6 Å². The van der Waals surface area contributed by atoms with Crippen LogP contribution in [0.1, 0.15) is 53.9 Å². The number of ether oxygens (including phenoxy) is 1. The van der Waals surface area contributed by atoms with Crippen molar-refractivity contribution in [2.24, 2.45) is 5.92 Å². The van der Waals surface area contributed by atoms with Crippen LogP contribution < -0.4 is 5.32 Å². The van der Waals surface area contributed by atoms with E-state index in [0.29, 0.717) is 18.4 Å². The van der Waals surface area contributed by atoms with Crippen molar-refractivity contribution >= 4 is 5.97 Å². The lowest BCUT2D eigenvalue weighted by Gasteiger charge is -2.23. The molecular formula is C13H27NO2. The van der Waals surface area contributed by atoms with Gasteiger partial charge in [0.25, 0.3) is 0 Å². The summed E-state index contributed by atoms with van der Waals surface area (Å²) >= 11 is 0. The summed E-state index contributed by atoms with van der Waals surface area (Å²) in [7, 11) is 1.95. The molecule has 2 atom stereocenters. The molecule has 0 radical (unpaired) electrons. The number of carbonyl (C=O) groups excluding carboxylic acids is 1. The van der Waals surface area contributed by atoms with E-state index in [9.17, 15) is 4.79 Å². The summed E-state index contributed by atoms with van der Waals surface area (Å²) in [4.78, 5) is 11.5. The Morgan fingerprint density at radius 1 is 1.38 bits per heavy atom. The molecule has 0 bridgehead atoms. The predicted octanol–water partition coefficient (Wildman–Crippen LogP) is 2.74. The molecule has 3 nitrogen and oxygen atoms in total. The van der Waals surface area contributed by atoms with Crippen molar-refractivity contribution in [1.29, 1.82) is 0 Å². The first kappa shape index (κ1) is 15.4. The van der Waals surface area contributed by atoms with Crippen LogP contribution in [0.25, 0.3) is 0 Å². The minimum Gasteiger partial charge on any atom is -0.460 e. The molecule has 3 heteroatoms. The number of carbonyl (C=O) groups is 1. The van der Waals surface area contributed by atoms with Gasteiger partial charge in [0.15, 0.2) is 0 Å². The molecule has 0 aliphatic rings. The molecule has 0 saturated carbocycles. The van der Waals surface area contributed by atoms with Gasteiger partial charge in [0.2, 0.25) is 0 Å². The van der Waals surface area contributed by atoms with Crippen LogP contribution in [-0.4, -0.2) is 24.7 Å². The first-order valence-electron chi connectivity index (χ1n) is 6.19. The number of hydrogen-bond acceptors (Lipinski definition) is 3. The Morgan fingerprint density at radius 2 is 1.94 bits per heavy atom. The molecule has 0 heterocycles. The number of nitrogens with one attached hydrogen (secondary N) is 1.